The van der Waals surface area contributed by atoms with Gasteiger partial charge in [0.1, 0.15) is 5.69 Å². The number of nitrogens with two attached hydrogens (primary N) is 1. The molecule has 1 aromatic carbocycles. The van der Waals surface area contributed by atoms with Crippen molar-refractivity contribution in [1.82, 2.24) is 0 Å². The monoisotopic (exact) mass is 224 g/mol. The number of hydrogen-bond acceptors (Lipinski definition) is 4. The maximum Gasteiger partial charge on any atom is 0.292 e. The molecule has 80 valence electrons. The van der Waals surface area contributed by atoms with Crippen molar-refractivity contribution in [3.63, 3.8) is 0 Å². The van der Waals surface area contributed by atoms with Crippen LogP contribution in [-0.4, -0.2) is 10.7 Å². The molecule has 0 atom stereocenters. The number of nitrogen functional groups attached to an aromatic ring is 1. The number of nitro groups is 1. The van der Waals surface area contributed by atoms with Crippen molar-refractivity contribution in [2.45, 2.75) is 6.42 Å². The van der Waals surface area contributed by atoms with Gasteiger partial charge in [0, 0.05) is 6.07 Å². The molecule has 0 aliphatic carbocycles. The molecular weight excluding hydrogens is 212 g/mol. The highest BCUT2D eigenvalue weighted by molar-refractivity contribution is 7.80. The fraction of sp³-hybridized carbons (Fsp3) is 0.200. The Hall–Kier alpha value is -1.49. The summed E-state index contributed by atoms with van der Waals surface area (Å²) in [5.74, 6) is 0.777. The van der Waals surface area contributed by atoms with Crippen LogP contribution in [0.15, 0.2) is 24.3 Å². The number of anilines is 1. The second-order valence-corrected chi connectivity index (χ2v) is 3.44. The highest BCUT2D eigenvalue weighted by Gasteiger charge is 2.09. The fourth-order valence-electron chi connectivity index (χ4n) is 1.14. The molecule has 0 aromatic heterocycles. The van der Waals surface area contributed by atoms with Crippen molar-refractivity contribution < 1.29 is 4.92 Å². The van der Waals surface area contributed by atoms with E-state index in [9.17, 15) is 10.1 Å². The van der Waals surface area contributed by atoms with Gasteiger partial charge < -0.3 is 5.73 Å². The van der Waals surface area contributed by atoms with E-state index in [-0.39, 0.29) is 11.4 Å². The molecule has 0 radical (unpaired) electrons. The van der Waals surface area contributed by atoms with E-state index in [4.69, 9.17) is 5.73 Å². The molecule has 15 heavy (non-hydrogen) atoms. The van der Waals surface area contributed by atoms with E-state index in [1.165, 1.54) is 6.07 Å². The Morgan fingerprint density at radius 3 is 2.80 bits per heavy atom. The number of thiol groups is 1. The zero-order valence-electron chi connectivity index (χ0n) is 8.09. The molecule has 0 fully saturated rings. The topological polar surface area (TPSA) is 69.2 Å². The van der Waals surface area contributed by atoms with Crippen LogP contribution in [0, 0.1) is 10.1 Å². The minimum Gasteiger partial charge on any atom is -0.393 e. The van der Waals surface area contributed by atoms with Crippen molar-refractivity contribution in [3.05, 3.63) is 40.0 Å². The summed E-state index contributed by atoms with van der Waals surface area (Å²) in [5, 5.41) is 10.5. The zero-order valence-corrected chi connectivity index (χ0v) is 8.98. The van der Waals surface area contributed by atoms with Gasteiger partial charge in [0.2, 0.25) is 0 Å². The summed E-state index contributed by atoms with van der Waals surface area (Å²) in [5.41, 5.74) is 6.53. The summed E-state index contributed by atoms with van der Waals surface area (Å²) in [7, 11) is 0. The van der Waals surface area contributed by atoms with Crippen LogP contribution in [0.5, 0.6) is 0 Å². The van der Waals surface area contributed by atoms with E-state index in [1.807, 2.05) is 12.2 Å². The first-order chi connectivity index (χ1) is 7.15. The van der Waals surface area contributed by atoms with Gasteiger partial charge in [0.15, 0.2) is 0 Å². The molecule has 0 saturated heterocycles. The maximum absolute atomic E-state index is 10.5. The highest BCUT2D eigenvalue weighted by atomic mass is 32.1. The molecule has 0 aliphatic heterocycles. The molecule has 0 aliphatic rings. The zero-order chi connectivity index (χ0) is 11.3. The predicted octanol–water partition coefficient (Wildman–Crippen LogP) is 2.51. The normalized spacial score (nSPS) is 10.7. The highest BCUT2D eigenvalue weighted by Crippen LogP contribution is 2.22. The third-order valence-electron chi connectivity index (χ3n) is 1.85. The van der Waals surface area contributed by atoms with Crippen molar-refractivity contribution in [1.29, 1.82) is 0 Å². The van der Waals surface area contributed by atoms with Gasteiger partial charge in [-0.15, -0.1) is 0 Å². The fourth-order valence-corrected chi connectivity index (χ4v) is 1.29. The van der Waals surface area contributed by atoms with Gasteiger partial charge in [-0.2, -0.15) is 12.6 Å². The van der Waals surface area contributed by atoms with E-state index < -0.39 is 4.92 Å². The molecule has 0 unspecified atom stereocenters. The lowest BCUT2D eigenvalue weighted by Gasteiger charge is -1.98. The summed E-state index contributed by atoms with van der Waals surface area (Å²) in [4.78, 5) is 10.0. The van der Waals surface area contributed by atoms with Crippen LogP contribution in [0.25, 0.3) is 6.08 Å². The predicted molar refractivity (Wildman–Crippen MR) is 65.0 cm³/mol. The molecular formula is C10H12N2O2S. The lowest BCUT2D eigenvalue weighted by atomic mass is 10.1. The summed E-state index contributed by atoms with van der Waals surface area (Å²) >= 11 is 4.07. The van der Waals surface area contributed by atoms with Gasteiger partial charge in [0.05, 0.1) is 4.92 Å². The Labute approximate surface area is 93.3 Å². The first kappa shape index (κ1) is 11.6. The second-order valence-electron chi connectivity index (χ2n) is 2.99. The van der Waals surface area contributed by atoms with Gasteiger partial charge >= 0.3 is 0 Å². The minimum atomic E-state index is -0.490. The van der Waals surface area contributed by atoms with Crippen molar-refractivity contribution in [2.24, 2.45) is 0 Å². The summed E-state index contributed by atoms with van der Waals surface area (Å²) in [6, 6.07) is 4.67. The maximum atomic E-state index is 10.5. The Kier molecular flexibility index (Phi) is 4.17. The molecule has 0 saturated carbocycles. The standard InChI is InChI=1S/C10H12N2O2S/c11-9-7-8(3-1-2-6-15)4-5-10(9)12(13)14/h1,3-5,7,15H,2,6,11H2. The van der Waals surface area contributed by atoms with Crippen LogP contribution < -0.4 is 5.73 Å². The van der Waals surface area contributed by atoms with E-state index in [2.05, 4.69) is 12.6 Å². The lowest BCUT2D eigenvalue weighted by molar-refractivity contribution is -0.383. The van der Waals surface area contributed by atoms with Gasteiger partial charge in [-0.05, 0) is 29.9 Å². The summed E-state index contributed by atoms with van der Waals surface area (Å²) in [6.07, 6.45) is 4.68. The number of hydrogen-bond donors (Lipinski definition) is 2. The Morgan fingerprint density at radius 2 is 2.27 bits per heavy atom. The summed E-state index contributed by atoms with van der Waals surface area (Å²) in [6.45, 7) is 0. The van der Waals surface area contributed by atoms with E-state index >= 15 is 0 Å². The number of nitro benzene ring substituents is 1. The molecule has 4 nitrogen and oxygen atoms in total. The molecule has 0 heterocycles. The largest absolute Gasteiger partial charge is 0.393 e. The molecule has 0 spiro atoms. The lowest BCUT2D eigenvalue weighted by Crippen LogP contribution is -1.95. The molecule has 1 aromatic rings. The Balaban J connectivity index is 2.87. The van der Waals surface area contributed by atoms with Crippen LogP contribution in [0.2, 0.25) is 0 Å². The third kappa shape index (κ3) is 3.28. The first-order valence-corrected chi connectivity index (χ1v) is 5.09. The second kappa shape index (κ2) is 5.41. The molecule has 0 bridgehead atoms. The van der Waals surface area contributed by atoms with Crippen LogP contribution in [0.4, 0.5) is 11.4 Å². The number of rotatable bonds is 4. The molecule has 5 heteroatoms. The van der Waals surface area contributed by atoms with E-state index in [0.717, 1.165) is 17.7 Å². The van der Waals surface area contributed by atoms with E-state index in [0.29, 0.717) is 0 Å². The number of benzene rings is 1. The van der Waals surface area contributed by atoms with Crippen LogP contribution in [-0.2, 0) is 0 Å². The minimum absolute atomic E-state index is 0.0543. The quantitative estimate of drug-likeness (QED) is 0.357. The van der Waals surface area contributed by atoms with Crippen LogP contribution in [0.3, 0.4) is 0 Å². The smallest absolute Gasteiger partial charge is 0.292 e. The molecule has 2 N–H and O–H groups in total. The molecule has 0 amide bonds. The average Bonchev–Trinajstić information content (AvgIpc) is 2.17. The van der Waals surface area contributed by atoms with Gasteiger partial charge in [-0.3, -0.25) is 10.1 Å². The first-order valence-electron chi connectivity index (χ1n) is 4.46. The van der Waals surface area contributed by atoms with Gasteiger partial charge in [-0.25, -0.2) is 0 Å². The van der Waals surface area contributed by atoms with Crippen molar-refractivity contribution >= 4 is 30.1 Å². The summed E-state index contributed by atoms with van der Waals surface area (Å²) < 4.78 is 0. The Morgan fingerprint density at radius 1 is 1.53 bits per heavy atom. The van der Waals surface area contributed by atoms with Crippen LogP contribution >= 0.6 is 12.6 Å². The Bertz CT molecular complexity index is 391. The number of nitrogens with zero attached hydrogens (tertiary/aromatic N) is 1. The van der Waals surface area contributed by atoms with Crippen molar-refractivity contribution in [2.75, 3.05) is 11.5 Å². The third-order valence-corrected chi connectivity index (χ3v) is 2.11. The number of allylic oxidation sites excluding steroid dienone is 1. The van der Waals surface area contributed by atoms with Crippen LogP contribution in [0.1, 0.15) is 12.0 Å². The van der Waals surface area contributed by atoms with Gasteiger partial charge in [0.25, 0.3) is 5.69 Å². The SMILES string of the molecule is Nc1cc(C=CCCS)ccc1[N+](=O)[O-]. The average molecular weight is 224 g/mol. The van der Waals surface area contributed by atoms with E-state index in [1.54, 1.807) is 12.1 Å². The van der Waals surface area contributed by atoms with Gasteiger partial charge in [-0.1, -0.05) is 12.2 Å². The van der Waals surface area contributed by atoms with Crippen molar-refractivity contribution in [3.8, 4) is 0 Å². The molecule has 1 rings (SSSR count).